The van der Waals surface area contributed by atoms with Gasteiger partial charge in [-0.3, -0.25) is 4.79 Å². The first-order valence-electron chi connectivity index (χ1n) is 11.9. The highest BCUT2D eigenvalue weighted by Crippen LogP contribution is 2.34. The molecule has 0 fully saturated rings. The Labute approximate surface area is 205 Å². The lowest BCUT2D eigenvalue weighted by molar-refractivity contribution is -0.133. The number of aryl methyl sites for hydroxylation is 2. The maximum absolute atomic E-state index is 14.2. The van der Waals surface area contributed by atoms with E-state index in [2.05, 4.69) is 28.3 Å². The van der Waals surface area contributed by atoms with Crippen LogP contribution in [0.4, 0.5) is 10.2 Å². The molecule has 0 unspecified atom stereocenters. The van der Waals surface area contributed by atoms with E-state index >= 15 is 0 Å². The molecular weight excluding hydrogens is 445 g/mol. The topological polar surface area (TPSA) is 80.2 Å². The fourth-order valence-electron chi connectivity index (χ4n) is 4.62. The summed E-state index contributed by atoms with van der Waals surface area (Å²) in [5, 5.41) is 3.59. The summed E-state index contributed by atoms with van der Waals surface area (Å²) in [6.45, 7) is 8.94. The number of halogens is 1. The Balaban J connectivity index is 1.51. The Morgan fingerprint density at radius 3 is 2.69 bits per heavy atom. The standard InChI is InChI=1S/C27H32FN5O2/c1-6-33(26(34)17(2)19-8-9-23(35-5)22(28)15-19)16-27(4)11-10-20-14-21(18(3)31-24(20)32-27)25-29-12-7-13-30-25/h7-9,12-15,17H,6,10-11,16H2,1-5H3,(H,31,32)/t17-,27-/m1/s1. The van der Waals surface area contributed by atoms with Crippen molar-refractivity contribution >= 4 is 11.7 Å². The Kier molecular flexibility index (Phi) is 7.00. The second-order valence-electron chi connectivity index (χ2n) is 9.36. The zero-order valence-electron chi connectivity index (χ0n) is 20.9. The molecule has 0 spiro atoms. The number of methoxy groups -OCH3 is 1. The van der Waals surface area contributed by atoms with Crippen LogP contribution in [0.25, 0.3) is 11.4 Å². The fourth-order valence-corrected chi connectivity index (χ4v) is 4.62. The van der Waals surface area contributed by atoms with Gasteiger partial charge in [-0.25, -0.2) is 19.3 Å². The average Bonchev–Trinajstić information content (AvgIpc) is 2.86. The van der Waals surface area contributed by atoms with Crippen molar-refractivity contribution in [1.29, 1.82) is 0 Å². The molecule has 0 radical (unpaired) electrons. The first-order chi connectivity index (χ1) is 16.7. The van der Waals surface area contributed by atoms with Gasteiger partial charge in [0, 0.05) is 31.0 Å². The second kappa shape index (κ2) is 9.98. The lowest BCUT2D eigenvalue weighted by Gasteiger charge is -2.40. The molecule has 0 bridgehead atoms. The summed E-state index contributed by atoms with van der Waals surface area (Å²) in [7, 11) is 1.42. The summed E-state index contributed by atoms with van der Waals surface area (Å²) in [4.78, 5) is 28.8. The lowest BCUT2D eigenvalue weighted by Crippen LogP contribution is -2.51. The molecule has 35 heavy (non-hydrogen) atoms. The third kappa shape index (κ3) is 5.11. The first kappa shape index (κ1) is 24.6. The average molecular weight is 478 g/mol. The van der Waals surface area contributed by atoms with Gasteiger partial charge >= 0.3 is 0 Å². The van der Waals surface area contributed by atoms with Crippen LogP contribution >= 0.6 is 0 Å². The fraction of sp³-hybridized carbons (Fsp3) is 0.407. The molecule has 2 aromatic heterocycles. The van der Waals surface area contributed by atoms with Gasteiger partial charge in [-0.2, -0.15) is 0 Å². The van der Waals surface area contributed by atoms with Crippen molar-refractivity contribution in [3.63, 3.8) is 0 Å². The summed E-state index contributed by atoms with van der Waals surface area (Å²) >= 11 is 0. The quantitative estimate of drug-likeness (QED) is 0.528. The van der Waals surface area contributed by atoms with E-state index in [-0.39, 0.29) is 17.2 Å². The molecule has 1 N–H and O–H groups in total. The number of nitrogens with one attached hydrogen (secondary N) is 1. The van der Waals surface area contributed by atoms with Crippen LogP contribution in [-0.2, 0) is 11.2 Å². The molecule has 3 aromatic rings. The molecule has 1 amide bonds. The summed E-state index contributed by atoms with van der Waals surface area (Å²) in [5.41, 5.74) is 3.19. The van der Waals surface area contributed by atoms with Crippen molar-refractivity contribution in [2.75, 3.05) is 25.5 Å². The van der Waals surface area contributed by atoms with E-state index in [4.69, 9.17) is 9.72 Å². The molecule has 3 heterocycles. The molecule has 2 atom stereocenters. The number of fused-ring (bicyclic) bond motifs is 1. The maximum Gasteiger partial charge on any atom is 0.229 e. The number of nitrogens with zero attached hydrogens (tertiary/aromatic N) is 4. The normalized spacial score (nSPS) is 17.8. The monoisotopic (exact) mass is 477 g/mol. The summed E-state index contributed by atoms with van der Waals surface area (Å²) in [6, 6.07) is 8.60. The Morgan fingerprint density at radius 2 is 2.03 bits per heavy atom. The number of ether oxygens (including phenoxy) is 1. The highest BCUT2D eigenvalue weighted by atomic mass is 19.1. The van der Waals surface area contributed by atoms with E-state index in [1.165, 1.54) is 13.2 Å². The van der Waals surface area contributed by atoms with E-state index in [0.717, 1.165) is 35.5 Å². The van der Waals surface area contributed by atoms with Gasteiger partial charge in [-0.05, 0) is 75.9 Å². The maximum atomic E-state index is 14.2. The number of amides is 1. The van der Waals surface area contributed by atoms with Crippen molar-refractivity contribution in [2.24, 2.45) is 0 Å². The van der Waals surface area contributed by atoms with E-state index in [0.29, 0.717) is 24.5 Å². The summed E-state index contributed by atoms with van der Waals surface area (Å²) in [5.74, 6) is 0.704. The molecule has 1 aliphatic heterocycles. The van der Waals surface area contributed by atoms with Gasteiger partial charge in [-0.1, -0.05) is 6.07 Å². The number of carbonyl (C=O) groups is 1. The minimum Gasteiger partial charge on any atom is -0.494 e. The molecular formula is C27H32FN5O2. The van der Waals surface area contributed by atoms with Crippen LogP contribution in [-0.4, -0.2) is 51.5 Å². The van der Waals surface area contributed by atoms with Gasteiger partial charge in [0.15, 0.2) is 17.4 Å². The number of hydrogen-bond donors (Lipinski definition) is 1. The number of likely N-dealkylation sites (N-methyl/N-ethyl adjacent to an activating group) is 1. The number of carbonyl (C=O) groups excluding carboxylic acids is 1. The van der Waals surface area contributed by atoms with Gasteiger partial charge in [0.1, 0.15) is 5.82 Å². The van der Waals surface area contributed by atoms with Crippen LogP contribution in [0.3, 0.4) is 0 Å². The number of hydrogen-bond acceptors (Lipinski definition) is 6. The molecule has 184 valence electrons. The van der Waals surface area contributed by atoms with Crippen LogP contribution in [0.1, 0.15) is 49.9 Å². The molecule has 1 aromatic carbocycles. The first-order valence-corrected chi connectivity index (χ1v) is 11.9. The second-order valence-corrected chi connectivity index (χ2v) is 9.36. The molecule has 1 aliphatic rings. The predicted molar refractivity (Wildman–Crippen MR) is 134 cm³/mol. The van der Waals surface area contributed by atoms with Crippen LogP contribution in [0, 0.1) is 12.7 Å². The summed E-state index contributed by atoms with van der Waals surface area (Å²) in [6.07, 6.45) is 5.13. The third-order valence-corrected chi connectivity index (χ3v) is 6.74. The van der Waals surface area contributed by atoms with Crippen LogP contribution in [0.15, 0.2) is 42.7 Å². The minimum absolute atomic E-state index is 0.0356. The number of pyridine rings is 1. The largest absolute Gasteiger partial charge is 0.494 e. The SMILES string of the molecule is CCN(C[C@@]1(C)CCc2cc(-c3ncccn3)c(C)nc2N1)C(=O)[C@H](C)c1ccc(OC)c(F)c1. The highest BCUT2D eigenvalue weighted by molar-refractivity contribution is 5.83. The van der Waals surface area contributed by atoms with Crippen LogP contribution < -0.4 is 10.1 Å². The van der Waals surface area contributed by atoms with E-state index in [9.17, 15) is 9.18 Å². The number of rotatable bonds is 7. The molecule has 4 rings (SSSR count). The van der Waals surface area contributed by atoms with E-state index in [1.807, 2.05) is 25.7 Å². The third-order valence-electron chi connectivity index (χ3n) is 6.74. The van der Waals surface area contributed by atoms with Crippen LogP contribution in [0.5, 0.6) is 5.75 Å². The molecule has 0 saturated heterocycles. The van der Waals surface area contributed by atoms with Gasteiger partial charge in [0.2, 0.25) is 5.91 Å². The Morgan fingerprint density at radius 1 is 1.29 bits per heavy atom. The van der Waals surface area contributed by atoms with Gasteiger partial charge < -0.3 is 15.0 Å². The zero-order chi connectivity index (χ0) is 25.2. The van der Waals surface area contributed by atoms with Crippen molar-refractivity contribution in [2.45, 2.75) is 52.0 Å². The van der Waals surface area contributed by atoms with Gasteiger partial charge in [0.05, 0.1) is 24.3 Å². The smallest absolute Gasteiger partial charge is 0.229 e. The molecule has 8 heteroatoms. The number of aromatic nitrogens is 3. The Hall–Kier alpha value is -3.55. The molecule has 7 nitrogen and oxygen atoms in total. The van der Waals surface area contributed by atoms with Crippen molar-refractivity contribution in [1.82, 2.24) is 19.9 Å². The van der Waals surface area contributed by atoms with Gasteiger partial charge in [-0.15, -0.1) is 0 Å². The van der Waals surface area contributed by atoms with Crippen molar-refractivity contribution in [3.05, 3.63) is 65.4 Å². The van der Waals surface area contributed by atoms with E-state index < -0.39 is 11.7 Å². The number of anilines is 1. The predicted octanol–water partition coefficient (Wildman–Crippen LogP) is 4.76. The molecule has 0 aliphatic carbocycles. The van der Waals surface area contributed by atoms with Crippen molar-refractivity contribution < 1.29 is 13.9 Å². The van der Waals surface area contributed by atoms with E-state index in [1.54, 1.807) is 30.6 Å². The summed E-state index contributed by atoms with van der Waals surface area (Å²) < 4.78 is 19.2. The van der Waals surface area contributed by atoms with Crippen LogP contribution in [0.2, 0.25) is 0 Å². The highest BCUT2D eigenvalue weighted by Gasteiger charge is 2.35. The van der Waals surface area contributed by atoms with Crippen molar-refractivity contribution in [3.8, 4) is 17.1 Å². The Bertz CT molecular complexity index is 1220. The molecule has 0 saturated carbocycles. The van der Waals surface area contributed by atoms with Gasteiger partial charge in [0.25, 0.3) is 0 Å². The number of benzene rings is 1. The minimum atomic E-state index is -0.469. The zero-order valence-corrected chi connectivity index (χ0v) is 20.9. The lowest BCUT2D eigenvalue weighted by atomic mass is 9.87.